The predicted molar refractivity (Wildman–Crippen MR) is 99.6 cm³/mol. The molecule has 0 unspecified atom stereocenters. The first-order valence-corrected chi connectivity index (χ1v) is 8.99. The first-order valence-electron chi connectivity index (χ1n) is 8.61. The van der Waals surface area contributed by atoms with Gasteiger partial charge in [0.05, 0.1) is 5.54 Å². The summed E-state index contributed by atoms with van der Waals surface area (Å²) in [6.45, 7) is 2.10. The number of Topliss-reactive ketones (excluding diaryl/α,β-unsaturated/α-hetero) is 1. The smallest absolute Gasteiger partial charge is 0.254 e. The van der Waals surface area contributed by atoms with Gasteiger partial charge in [0.15, 0.2) is 0 Å². The van der Waals surface area contributed by atoms with E-state index in [0.29, 0.717) is 23.6 Å². The van der Waals surface area contributed by atoms with Gasteiger partial charge in [0, 0.05) is 23.6 Å². The largest absolute Gasteiger partial charge is 0.328 e. The molecule has 1 aliphatic rings. The molecule has 0 heterocycles. The Labute approximate surface area is 153 Å². The maximum Gasteiger partial charge on any atom is 0.254 e. The molecule has 3 rings (SSSR count). The Hall–Kier alpha value is -2.13. The van der Waals surface area contributed by atoms with Crippen LogP contribution in [0.2, 0.25) is 5.02 Å². The summed E-state index contributed by atoms with van der Waals surface area (Å²) in [5, 5.41) is 0.541. The zero-order valence-corrected chi connectivity index (χ0v) is 15.1. The molecule has 3 nitrogen and oxygen atoms in total. The molecule has 130 valence electrons. The van der Waals surface area contributed by atoms with Crippen molar-refractivity contribution in [2.75, 3.05) is 0 Å². The summed E-state index contributed by atoms with van der Waals surface area (Å²) in [5.74, 6) is 0.0592. The van der Waals surface area contributed by atoms with Crippen LogP contribution in [0.3, 0.4) is 0 Å². The summed E-state index contributed by atoms with van der Waals surface area (Å²) >= 11 is 6.08. The van der Waals surface area contributed by atoms with E-state index in [9.17, 15) is 9.59 Å². The van der Waals surface area contributed by atoms with Crippen molar-refractivity contribution >= 4 is 23.3 Å². The van der Waals surface area contributed by atoms with Crippen LogP contribution in [-0.4, -0.2) is 22.1 Å². The van der Waals surface area contributed by atoms with Crippen LogP contribution in [0.15, 0.2) is 54.6 Å². The van der Waals surface area contributed by atoms with Crippen LogP contribution in [-0.2, 0) is 11.3 Å². The monoisotopic (exact) mass is 355 g/mol. The van der Waals surface area contributed by atoms with Crippen LogP contribution in [0.1, 0.15) is 48.5 Å². The zero-order valence-electron chi connectivity index (χ0n) is 14.4. The van der Waals surface area contributed by atoms with Gasteiger partial charge in [-0.15, -0.1) is 0 Å². The number of carbonyl (C=O) groups excluding carboxylic acids is 2. The summed E-state index contributed by atoms with van der Waals surface area (Å²) in [6.07, 6.45) is 3.19. The van der Waals surface area contributed by atoms with Crippen LogP contribution < -0.4 is 0 Å². The molecule has 0 bridgehead atoms. The van der Waals surface area contributed by atoms with E-state index < -0.39 is 0 Å². The summed E-state index contributed by atoms with van der Waals surface area (Å²) in [6, 6.07) is 16.9. The quantitative estimate of drug-likeness (QED) is 0.740. The molecule has 0 spiro atoms. The van der Waals surface area contributed by atoms with E-state index in [2.05, 4.69) is 0 Å². The van der Waals surface area contributed by atoms with Gasteiger partial charge in [0.1, 0.15) is 5.78 Å². The molecular formula is C21H22ClNO2. The van der Waals surface area contributed by atoms with Crippen LogP contribution in [0.5, 0.6) is 0 Å². The van der Waals surface area contributed by atoms with Gasteiger partial charge in [-0.25, -0.2) is 0 Å². The molecule has 1 fully saturated rings. The van der Waals surface area contributed by atoms with Gasteiger partial charge in [-0.2, -0.15) is 0 Å². The average molecular weight is 356 g/mol. The fraction of sp³-hybridized carbons (Fsp3) is 0.333. The van der Waals surface area contributed by atoms with Crippen molar-refractivity contribution in [1.29, 1.82) is 0 Å². The molecule has 0 aliphatic heterocycles. The van der Waals surface area contributed by atoms with E-state index in [4.69, 9.17) is 11.6 Å². The molecular weight excluding hydrogens is 334 g/mol. The number of ketones is 1. The first-order chi connectivity index (χ1) is 12.0. The lowest BCUT2D eigenvalue weighted by atomic mass is 9.71. The molecule has 4 heteroatoms. The lowest BCUT2D eigenvalue weighted by molar-refractivity contribution is -0.121. The van der Waals surface area contributed by atoms with E-state index in [1.807, 2.05) is 35.2 Å². The normalized spacial score (nSPS) is 15.3. The fourth-order valence-electron chi connectivity index (χ4n) is 3.59. The highest BCUT2D eigenvalue weighted by Gasteiger charge is 2.45. The Morgan fingerprint density at radius 3 is 2.36 bits per heavy atom. The van der Waals surface area contributed by atoms with Gasteiger partial charge in [-0.3, -0.25) is 9.59 Å². The standard InChI is InChI=1S/C21H22ClNO2/c1-16(24)14-21(11-6-12-21)23(15-17-7-3-2-4-8-17)20(25)18-9-5-10-19(22)13-18/h2-5,7-10,13H,6,11-12,14-15H2,1H3. The second-order valence-corrected chi connectivity index (χ2v) is 7.28. The second kappa shape index (κ2) is 7.40. The van der Waals surface area contributed by atoms with Gasteiger partial charge in [0.25, 0.3) is 5.91 Å². The van der Waals surface area contributed by atoms with Gasteiger partial charge in [-0.05, 0) is 49.9 Å². The van der Waals surface area contributed by atoms with Crippen molar-refractivity contribution in [2.24, 2.45) is 0 Å². The van der Waals surface area contributed by atoms with Crippen molar-refractivity contribution in [3.05, 3.63) is 70.7 Å². The molecule has 25 heavy (non-hydrogen) atoms. The predicted octanol–water partition coefficient (Wildman–Crippen LogP) is 4.88. The Balaban J connectivity index is 1.96. The molecule has 2 aromatic carbocycles. The number of halogens is 1. The maximum absolute atomic E-state index is 13.3. The summed E-state index contributed by atoms with van der Waals surface area (Å²) < 4.78 is 0. The summed E-state index contributed by atoms with van der Waals surface area (Å²) in [5.41, 5.74) is 1.26. The Kier molecular flexibility index (Phi) is 5.24. The van der Waals surface area contributed by atoms with Crippen LogP contribution in [0.25, 0.3) is 0 Å². The highest BCUT2D eigenvalue weighted by Crippen LogP contribution is 2.42. The van der Waals surface area contributed by atoms with Crippen LogP contribution in [0, 0.1) is 0 Å². The van der Waals surface area contributed by atoms with Gasteiger partial charge < -0.3 is 4.90 Å². The summed E-state index contributed by atoms with van der Waals surface area (Å²) in [4.78, 5) is 27.0. The number of rotatable bonds is 6. The van der Waals surface area contributed by atoms with Gasteiger partial charge in [0.2, 0.25) is 0 Å². The molecule has 1 amide bonds. The summed E-state index contributed by atoms with van der Waals surface area (Å²) in [7, 11) is 0. The van der Waals surface area contributed by atoms with E-state index >= 15 is 0 Å². The Morgan fingerprint density at radius 2 is 1.80 bits per heavy atom. The third-order valence-corrected chi connectivity index (χ3v) is 5.17. The van der Waals surface area contributed by atoms with E-state index in [-0.39, 0.29) is 17.2 Å². The van der Waals surface area contributed by atoms with Crippen molar-refractivity contribution in [3.63, 3.8) is 0 Å². The van der Waals surface area contributed by atoms with Crippen molar-refractivity contribution in [2.45, 2.75) is 44.7 Å². The molecule has 0 N–H and O–H groups in total. The van der Waals surface area contributed by atoms with Gasteiger partial charge in [-0.1, -0.05) is 48.0 Å². The molecule has 0 atom stereocenters. The average Bonchev–Trinajstić information content (AvgIpc) is 2.56. The number of nitrogens with zero attached hydrogens (tertiary/aromatic N) is 1. The van der Waals surface area contributed by atoms with Crippen molar-refractivity contribution in [1.82, 2.24) is 4.90 Å². The number of amides is 1. The third-order valence-electron chi connectivity index (χ3n) is 4.94. The number of hydrogen-bond donors (Lipinski definition) is 0. The topological polar surface area (TPSA) is 37.4 Å². The number of benzene rings is 2. The van der Waals surface area contributed by atoms with Gasteiger partial charge >= 0.3 is 0 Å². The lowest BCUT2D eigenvalue weighted by Gasteiger charge is -2.50. The molecule has 1 saturated carbocycles. The molecule has 1 aliphatic carbocycles. The van der Waals surface area contributed by atoms with E-state index in [0.717, 1.165) is 24.8 Å². The molecule has 0 saturated heterocycles. The third kappa shape index (κ3) is 3.93. The van der Waals surface area contributed by atoms with Crippen LogP contribution >= 0.6 is 11.6 Å². The maximum atomic E-state index is 13.3. The highest BCUT2D eigenvalue weighted by atomic mass is 35.5. The van der Waals surface area contributed by atoms with Crippen molar-refractivity contribution < 1.29 is 9.59 Å². The van der Waals surface area contributed by atoms with Crippen molar-refractivity contribution in [3.8, 4) is 0 Å². The first kappa shape index (κ1) is 17.7. The van der Waals surface area contributed by atoms with E-state index in [1.54, 1.807) is 31.2 Å². The molecule has 2 aromatic rings. The SMILES string of the molecule is CC(=O)CC1(N(Cc2ccccc2)C(=O)c2cccc(Cl)c2)CCC1. The minimum Gasteiger partial charge on any atom is -0.328 e. The van der Waals surface area contributed by atoms with E-state index in [1.165, 1.54) is 0 Å². The molecule has 0 aromatic heterocycles. The Morgan fingerprint density at radius 1 is 1.08 bits per heavy atom. The lowest BCUT2D eigenvalue weighted by Crippen LogP contribution is -2.56. The Bertz CT molecular complexity index is 768. The zero-order chi connectivity index (χ0) is 17.9. The number of carbonyl (C=O) groups is 2. The minimum absolute atomic E-state index is 0.0627. The minimum atomic E-state index is -0.374. The highest BCUT2D eigenvalue weighted by molar-refractivity contribution is 6.30. The fourth-order valence-corrected chi connectivity index (χ4v) is 3.78. The molecule has 0 radical (unpaired) electrons. The second-order valence-electron chi connectivity index (χ2n) is 6.84. The number of hydrogen-bond acceptors (Lipinski definition) is 2. The van der Waals surface area contributed by atoms with Crippen LogP contribution in [0.4, 0.5) is 0 Å².